The van der Waals surface area contributed by atoms with E-state index in [0.29, 0.717) is 11.3 Å². The summed E-state index contributed by atoms with van der Waals surface area (Å²) in [4.78, 5) is 28.5. The van der Waals surface area contributed by atoms with Crippen LogP contribution in [-0.4, -0.2) is 50.9 Å². The summed E-state index contributed by atoms with van der Waals surface area (Å²) in [5, 5.41) is 3.18. The Kier molecular flexibility index (Phi) is 9.88. The predicted octanol–water partition coefficient (Wildman–Crippen LogP) is 5.16. The van der Waals surface area contributed by atoms with E-state index in [0.717, 1.165) is 30.0 Å². The highest BCUT2D eigenvalue weighted by atomic mass is 35.5. The zero-order valence-electron chi connectivity index (χ0n) is 22.9. The topological polar surface area (TPSA) is 96.0 Å². The smallest absolute Gasteiger partial charge is 0.264 e. The van der Waals surface area contributed by atoms with E-state index in [1.54, 1.807) is 25.1 Å². The number of hydrogen-bond acceptors (Lipinski definition) is 5. The lowest BCUT2D eigenvalue weighted by atomic mass is 10.1. The van der Waals surface area contributed by atoms with Gasteiger partial charge in [-0.2, -0.15) is 0 Å². The maximum Gasteiger partial charge on any atom is 0.264 e. The molecule has 0 aromatic heterocycles. The summed E-state index contributed by atoms with van der Waals surface area (Å²) in [6, 6.07) is 16.9. The van der Waals surface area contributed by atoms with Crippen molar-refractivity contribution in [3.05, 3.63) is 89.2 Å². The Morgan fingerprint density at radius 1 is 1.05 bits per heavy atom. The van der Waals surface area contributed by atoms with Gasteiger partial charge in [-0.05, 0) is 67.8 Å². The van der Waals surface area contributed by atoms with Gasteiger partial charge in [-0.3, -0.25) is 13.9 Å². The largest absolute Gasteiger partial charge is 0.495 e. The lowest BCUT2D eigenvalue weighted by Gasteiger charge is -2.32. The Balaban J connectivity index is 1.70. The summed E-state index contributed by atoms with van der Waals surface area (Å²) in [5.41, 5.74) is 0.739. The first kappa shape index (κ1) is 30.3. The fourth-order valence-electron chi connectivity index (χ4n) is 4.82. The van der Waals surface area contributed by atoms with Crippen molar-refractivity contribution in [1.29, 1.82) is 0 Å². The van der Waals surface area contributed by atoms with E-state index >= 15 is 0 Å². The highest BCUT2D eigenvalue weighted by Gasteiger charge is 2.33. The average molecular weight is 602 g/mol. The van der Waals surface area contributed by atoms with Crippen molar-refractivity contribution >= 4 is 39.1 Å². The van der Waals surface area contributed by atoms with Crippen LogP contribution >= 0.6 is 11.6 Å². The van der Waals surface area contributed by atoms with Crippen LogP contribution in [0.2, 0.25) is 5.02 Å². The van der Waals surface area contributed by atoms with Gasteiger partial charge in [0.25, 0.3) is 10.0 Å². The summed E-state index contributed by atoms with van der Waals surface area (Å²) < 4.78 is 47.5. The van der Waals surface area contributed by atoms with Crippen LogP contribution in [0.1, 0.15) is 38.2 Å². The molecule has 1 N–H and O–H groups in total. The number of anilines is 1. The van der Waals surface area contributed by atoms with Crippen molar-refractivity contribution in [2.75, 3.05) is 18.0 Å². The van der Waals surface area contributed by atoms with Gasteiger partial charge in [0, 0.05) is 12.6 Å². The fraction of sp³-hybridized carbons (Fsp3) is 0.333. The molecule has 0 bridgehead atoms. The molecule has 0 heterocycles. The molecular formula is C30H33ClFN3O5S. The zero-order chi connectivity index (χ0) is 29.6. The third-order valence-electron chi connectivity index (χ3n) is 7.17. The molecule has 3 aromatic carbocycles. The summed E-state index contributed by atoms with van der Waals surface area (Å²) in [5.74, 6) is -1.05. The minimum Gasteiger partial charge on any atom is -0.495 e. The number of carbonyl (C=O) groups is 2. The average Bonchev–Trinajstić information content (AvgIpc) is 3.48. The Labute approximate surface area is 245 Å². The molecule has 1 fully saturated rings. The molecule has 0 spiro atoms. The molecule has 1 saturated carbocycles. The quantitative estimate of drug-likeness (QED) is 0.328. The van der Waals surface area contributed by atoms with Gasteiger partial charge >= 0.3 is 0 Å². The normalized spacial score (nSPS) is 14.3. The van der Waals surface area contributed by atoms with Crippen molar-refractivity contribution in [3.63, 3.8) is 0 Å². The van der Waals surface area contributed by atoms with Gasteiger partial charge in [0.1, 0.15) is 24.2 Å². The van der Waals surface area contributed by atoms with Crippen LogP contribution < -0.4 is 14.4 Å². The second kappa shape index (κ2) is 13.4. The molecule has 1 aliphatic rings. The van der Waals surface area contributed by atoms with Crippen LogP contribution in [0.15, 0.2) is 77.7 Å². The Bertz CT molecular complexity index is 1470. The van der Waals surface area contributed by atoms with E-state index in [1.807, 2.05) is 0 Å². The number of methoxy groups -OCH3 is 1. The number of carbonyl (C=O) groups excluding carboxylic acids is 2. The van der Waals surface area contributed by atoms with Gasteiger partial charge in [-0.15, -0.1) is 0 Å². The molecule has 8 nitrogen and oxygen atoms in total. The highest BCUT2D eigenvalue weighted by molar-refractivity contribution is 7.92. The Hall–Kier alpha value is -3.63. The van der Waals surface area contributed by atoms with Crippen LogP contribution in [0.5, 0.6) is 5.75 Å². The Morgan fingerprint density at radius 2 is 1.71 bits per heavy atom. The van der Waals surface area contributed by atoms with Crippen LogP contribution in [0.3, 0.4) is 0 Å². The molecule has 1 atom stereocenters. The van der Waals surface area contributed by atoms with Crippen molar-refractivity contribution in [3.8, 4) is 5.75 Å². The van der Waals surface area contributed by atoms with Crippen LogP contribution in [0.25, 0.3) is 0 Å². The lowest BCUT2D eigenvalue weighted by molar-refractivity contribution is -0.139. The van der Waals surface area contributed by atoms with E-state index in [9.17, 15) is 22.4 Å². The maximum absolute atomic E-state index is 14.0. The van der Waals surface area contributed by atoms with Gasteiger partial charge in [0.2, 0.25) is 11.8 Å². The first-order valence-corrected chi connectivity index (χ1v) is 15.2. The number of hydrogen-bond donors (Lipinski definition) is 1. The van der Waals surface area contributed by atoms with Crippen LogP contribution in [0.4, 0.5) is 10.1 Å². The third kappa shape index (κ3) is 7.37. The molecule has 3 aromatic rings. The summed E-state index contributed by atoms with van der Waals surface area (Å²) in [6.45, 7) is 0.967. The number of nitrogens with zero attached hydrogens (tertiary/aromatic N) is 2. The van der Waals surface area contributed by atoms with Crippen molar-refractivity contribution < 1.29 is 27.1 Å². The van der Waals surface area contributed by atoms with Gasteiger partial charge in [0.15, 0.2) is 0 Å². The molecule has 2 amide bonds. The van der Waals surface area contributed by atoms with Gasteiger partial charge < -0.3 is 15.0 Å². The summed E-state index contributed by atoms with van der Waals surface area (Å²) in [6.07, 6.45) is 3.78. The fourth-order valence-corrected chi connectivity index (χ4v) is 6.50. The number of halogens is 2. The van der Waals surface area contributed by atoms with Crippen LogP contribution in [0, 0.1) is 5.82 Å². The number of benzene rings is 3. The van der Waals surface area contributed by atoms with Crippen molar-refractivity contribution in [2.45, 2.75) is 56.1 Å². The second-order valence-corrected chi connectivity index (χ2v) is 12.2. The second-order valence-electron chi connectivity index (χ2n) is 9.96. The van der Waals surface area contributed by atoms with E-state index in [1.165, 1.54) is 66.6 Å². The van der Waals surface area contributed by atoms with Crippen LogP contribution in [-0.2, 0) is 26.2 Å². The molecule has 218 valence electrons. The van der Waals surface area contributed by atoms with Crippen molar-refractivity contribution in [1.82, 2.24) is 10.2 Å². The molecule has 41 heavy (non-hydrogen) atoms. The molecule has 0 unspecified atom stereocenters. The molecule has 11 heteroatoms. The molecule has 0 aliphatic heterocycles. The number of rotatable bonds is 11. The van der Waals surface area contributed by atoms with E-state index in [4.69, 9.17) is 16.3 Å². The predicted molar refractivity (Wildman–Crippen MR) is 156 cm³/mol. The van der Waals surface area contributed by atoms with Gasteiger partial charge in [0.05, 0.1) is 22.7 Å². The Morgan fingerprint density at radius 3 is 2.32 bits per heavy atom. The summed E-state index contributed by atoms with van der Waals surface area (Å²) >= 11 is 6.34. The SMILES string of the molecule is COc1ccc(N(CC(=O)N(Cc2ccc(F)cc2)[C@H](C)C(=O)NC2CCCC2)S(=O)(=O)c2ccccc2)cc1Cl. The minimum absolute atomic E-state index is 0.0168. The first-order valence-electron chi connectivity index (χ1n) is 13.4. The number of sulfonamides is 1. The number of nitrogens with one attached hydrogen (secondary N) is 1. The standard InChI is InChI=1S/C30H33ClFN3O5S/c1-21(30(37)33-24-8-6-7-9-24)34(19-22-12-14-23(32)15-13-22)29(36)20-35(25-16-17-28(40-2)27(31)18-25)41(38,39)26-10-4-3-5-11-26/h3-5,10-18,21,24H,6-9,19-20H2,1-2H3,(H,33,37)/t21-/m1/s1. The summed E-state index contributed by atoms with van der Waals surface area (Å²) in [7, 11) is -2.79. The van der Waals surface area contributed by atoms with E-state index in [2.05, 4.69) is 5.32 Å². The maximum atomic E-state index is 14.0. The van der Waals surface area contributed by atoms with E-state index in [-0.39, 0.29) is 34.1 Å². The third-order valence-corrected chi connectivity index (χ3v) is 9.25. The highest BCUT2D eigenvalue weighted by Crippen LogP contribution is 2.32. The number of amides is 2. The van der Waals surface area contributed by atoms with E-state index < -0.39 is 34.3 Å². The molecule has 4 rings (SSSR count). The molecule has 0 saturated heterocycles. The van der Waals surface area contributed by atoms with Crippen molar-refractivity contribution in [2.24, 2.45) is 0 Å². The zero-order valence-corrected chi connectivity index (χ0v) is 24.5. The minimum atomic E-state index is -4.23. The monoisotopic (exact) mass is 601 g/mol. The molecular weight excluding hydrogens is 569 g/mol. The molecule has 1 aliphatic carbocycles. The lowest BCUT2D eigenvalue weighted by Crippen LogP contribution is -2.52. The molecule has 0 radical (unpaired) electrons. The van der Waals surface area contributed by atoms with Gasteiger partial charge in [-0.25, -0.2) is 12.8 Å². The number of ether oxygens (including phenoxy) is 1. The van der Waals surface area contributed by atoms with Gasteiger partial charge in [-0.1, -0.05) is 54.8 Å². The first-order chi connectivity index (χ1) is 19.6.